The van der Waals surface area contributed by atoms with Crippen molar-refractivity contribution in [1.29, 1.82) is 0 Å². The van der Waals surface area contributed by atoms with Crippen LogP contribution in [0.4, 0.5) is 0 Å². The summed E-state index contributed by atoms with van der Waals surface area (Å²) >= 11 is 0. The Bertz CT molecular complexity index is 118. The Balaban J connectivity index is 2.96. The smallest absolute Gasteiger partial charge is 0.185 e. The number of hydrogen-bond acceptors (Lipinski definition) is 2. The van der Waals surface area contributed by atoms with E-state index in [-0.39, 0.29) is 5.96 Å². The van der Waals surface area contributed by atoms with Crippen molar-refractivity contribution >= 4 is 5.96 Å². The molecule has 12 heavy (non-hydrogen) atoms. The van der Waals surface area contributed by atoms with Gasteiger partial charge in [0.05, 0.1) is 0 Å². The van der Waals surface area contributed by atoms with Crippen molar-refractivity contribution in [2.75, 3.05) is 19.6 Å². The molecule has 0 aromatic carbocycles. The maximum atomic E-state index is 5.17. The van der Waals surface area contributed by atoms with E-state index >= 15 is 0 Å². The first kappa shape index (κ1) is 11.2. The Hall–Kier alpha value is -0.770. The summed E-state index contributed by atoms with van der Waals surface area (Å²) in [6.45, 7) is 5.07. The molecule has 4 heteroatoms. The van der Waals surface area contributed by atoms with Crippen molar-refractivity contribution in [3.8, 4) is 0 Å². The molecule has 0 saturated heterocycles. The van der Waals surface area contributed by atoms with Gasteiger partial charge >= 0.3 is 0 Å². The summed E-state index contributed by atoms with van der Waals surface area (Å²) in [4.78, 5) is 3.89. The molecule has 0 heterocycles. The lowest BCUT2D eigenvalue weighted by atomic mass is 10.3. The third-order valence-corrected chi connectivity index (χ3v) is 1.48. The lowest BCUT2D eigenvalue weighted by molar-refractivity contribution is 0.621. The van der Waals surface area contributed by atoms with Gasteiger partial charge < -0.3 is 16.8 Å². The van der Waals surface area contributed by atoms with Crippen molar-refractivity contribution in [2.45, 2.75) is 26.2 Å². The van der Waals surface area contributed by atoms with E-state index in [1.807, 2.05) is 0 Å². The van der Waals surface area contributed by atoms with Gasteiger partial charge in [0, 0.05) is 6.54 Å². The highest BCUT2D eigenvalue weighted by molar-refractivity contribution is 5.75. The van der Waals surface area contributed by atoms with Gasteiger partial charge in [0.15, 0.2) is 5.96 Å². The number of nitrogens with one attached hydrogen (secondary N) is 1. The average molecular weight is 172 g/mol. The molecule has 0 aromatic heterocycles. The molecule has 0 radical (unpaired) electrons. The van der Waals surface area contributed by atoms with Crippen LogP contribution in [-0.2, 0) is 0 Å². The minimum atomic E-state index is 0.191. The fourth-order valence-electron chi connectivity index (χ4n) is 0.872. The molecule has 0 rings (SSSR count). The monoisotopic (exact) mass is 172 g/mol. The van der Waals surface area contributed by atoms with E-state index in [1.54, 1.807) is 0 Å². The molecule has 0 aromatic rings. The van der Waals surface area contributed by atoms with Gasteiger partial charge in [0.2, 0.25) is 0 Å². The number of guanidine groups is 1. The van der Waals surface area contributed by atoms with Gasteiger partial charge in [-0.1, -0.05) is 6.92 Å². The fourth-order valence-corrected chi connectivity index (χ4v) is 0.872. The highest BCUT2D eigenvalue weighted by Gasteiger charge is 1.87. The number of aliphatic imine (C=N–C) groups is 1. The minimum absolute atomic E-state index is 0.191. The first-order valence-electron chi connectivity index (χ1n) is 4.53. The van der Waals surface area contributed by atoms with Gasteiger partial charge in [-0.2, -0.15) is 0 Å². The number of nitrogens with zero attached hydrogens (tertiary/aromatic N) is 1. The second kappa shape index (κ2) is 8.33. The zero-order valence-corrected chi connectivity index (χ0v) is 7.84. The summed E-state index contributed by atoms with van der Waals surface area (Å²) in [5, 5.41) is 3.31. The molecule has 0 spiro atoms. The molecule has 0 aliphatic rings. The Morgan fingerprint density at radius 2 is 2.00 bits per heavy atom. The number of nitrogens with two attached hydrogens (primary N) is 2. The van der Waals surface area contributed by atoms with Crippen molar-refractivity contribution in [3.05, 3.63) is 0 Å². The molecule has 5 N–H and O–H groups in total. The number of unbranched alkanes of at least 4 members (excludes halogenated alkanes) is 1. The van der Waals surface area contributed by atoms with Crippen LogP contribution in [0, 0.1) is 0 Å². The summed E-state index contributed by atoms with van der Waals surface area (Å²) in [5.74, 6) is 0.191. The summed E-state index contributed by atoms with van der Waals surface area (Å²) in [6.07, 6.45) is 3.37. The lowest BCUT2D eigenvalue weighted by Gasteiger charge is -2.00. The van der Waals surface area contributed by atoms with Crippen LogP contribution < -0.4 is 16.8 Å². The quantitative estimate of drug-likeness (QED) is 0.288. The van der Waals surface area contributed by atoms with Crippen LogP contribution in [0.25, 0.3) is 0 Å². The van der Waals surface area contributed by atoms with Gasteiger partial charge in [0.25, 0.3) is 0 Å². The molecule has 0 saturated carbocycles. The Morgan fingerprint density at radius 3 is 2.58 bits per heavy atom. The zero-order valence-electron chi connectivity index (χ0n) is 7.84. The summed E-state index contributed by atoms with van der Waals surface area (Å²) in [7, 11) is 0. The van der Waals surface area contributed by atoms with Crippen molar-refractivity contribution < 1.29 is 0 Å². The maximum Gasteiger partial charge on any atom is 0.185 e. The highest BCUT2D eigenvalue weighted by Crippen LogP contribution is 1.87. The lowest BCUT2D eigenvalue weighted by Crippen LogP contribution is -2.23. The maximum absolute atomic E-state index is 5.17. The molecule has 0 fully saturated rings. The second-order valence-electron chi connectivity index (χ2n) is 2.76. The molecular formula is C8H20N4. The molecule has 0 aliphatic carbocycles. The van der Waals surface area contributed by atoms with E-state index in [0.29, 0.717) is 0 Å². The van der Waals surface area contributed by atoms with E-state index in [0.717, 1.165) is 32.5 Å². The largest absolute Gasteiger partial charge is 0.370 e. The van der Waals surface area contributed by atoms with Gasteiger partial charge in [-0.3, -0.25) is 4.99 Å². The van der Waals surface area contributed by atoms with Crippen LogP contribution >= 0.6 is 0 Å². The second-order valence-corrected chi connectivity index (χ2v) is 2.76. The van der Waals surface area contributed by atoms with E-state index in [2.05, 4.69) is 17.2 Å². The molecule has 4 nitrogen and oxygen atoms in total. The van der Waals surface area contributed by atoms with Gasteiger partial charge in [0.1, 0.15) is 0 Å². The Morgan fingerprint density at radius 1 is 1.25 bits per heavy atom. The predicted octanol–water partition coefficient (Wildman–Crippen LogP) is 0.0396. The van der Waals surface area contributed by atoms with E-state index < -0.39 is 0 Å². The van der Waals surface area contributed by atoms with Crippen LogP contribution in [0.2, 0.25) is 0 Å². The van der Waals surface area contributed by atoms with Crippen LogP contribution in [-0.4, -0.2) is 25.6 Å². The van der Waals surface area contributed by atoms with Crippen molar-refractivity contribution in [1.82, 2.24) is 5.32 Å². The molecule has 0 aliphatic heterocycles. The zero-order chi connectivity index (χ0) is 9.23. The summed E-state index contributed by atoms with van der Waals surface area (Å²) in [6, 6.07) is 0. The number of rotatable bonds is 7. The molecule has 0 bridgehead atoms. The molecule has 72 valence electrons. The predicted molar refractivity (Wildman–Crippen MR) is 53.1 cm³/mol. The standard InChI is InChI=1S/C8H20N4/c1-2-5-11-6-3-4-7-12-8(9)10/h11H,2-7H2,1H3,(H4,9,10,12). The van der Waals surface area contributed by atoms with E-state index in [9.17, 15) is 0 Å². The first-order chi connectivity index (χ1) is 5.77. The van der Waals surface area contributed by atoms with Crippen LogP contribution in [0.15, 0.2) is 4.99 Å². The van der Waals surface area contributed by atoms with Crippen molar-refractivity contribution in [3.63, 3.8) is 0 Å². The van der Waals surface area contributed by atoms with Crippen molar-refractivity contribution in [2.24, 2.45) is 16.5 Å². The molecule has 0 unspecified atom stereocenters. The third kappa shape index (κ3) is 9.23. The van der Waals surface area contributed by atoms with Crippen LogP contribution in [0.5, 0.6) is 0 Å². The average Bonchev–Trinajstić information content (AvgIpc) is 2.02. The Kier molecular flexibility index (Phi) is 7.79. The highest BCUT2D eigenvalue weighted by atomic mass is 15.0. The minimum Gasteiger partial charge on any atom is -0.370 e. The van der Waals surface area contributed by atoms with E-state index in [1.165, 1.54) is 6.42 Å². The summed E-state index contributed by atoms with van der Waals surface area (Å²) in [5.41, 5.74) is 10.3. The van der Waals surface area contributed by atoms with Gasteiger partial charge in [-0.15, -0.1) is 0 Å². The summed E-state index contributed by atoms with van der Waals surface area (Å²) < 4.78 is 0. The van der Waals surface area contributed by atoms with Crippen LogP contribution in [0.3, 0.4) is 0 Å². The number of hydrogen-bond donors (Lipinski definition) is 3. The van der Waals surface area contributed by atoms with Crippen LogP contribution in [0.1, 0.15) is 26.2 Å². The molecule has 0 atom stereocenters. The normalized spacial score (nSPS) is 9.75. The van der Waals surface area contributed by atoms with Gasteiger partial charge in [-0.05, 0) is 32.4 Å². The topological polar surface area (TPSA) is 76.4 Å². The third-order valence-electron chi connectivity index (χ3n) is 1.48. The Labute approximate surface area is 74.4 Å². The molecular weight excluding hydrogens is 152 g/mol. The first-order valence-corrected chi connectivity index (χ1v) is 4.53. The SMILES string of the molecule is CCCNCCCCN=C(N)N. The fraction of sp³-hybridized carbons (Fsp3) is 0.875. The molecule has 0 amide bonds. The van der Waals surface area contributed by atoms with Gasteiger partial charge in [-0.25, -0.2) is 0 Å². The van der Waals surface area contributed by atoms with E-state index in [4.69, 9.17) is 11.5 Å².